The minimum atomic E-state index is -0.590. The Bertz CT molecular complexity index is 586. The van der Waals surface area contributed by atoms with E-state index in [2.05, 4.69) is 16.0 Å². The lowest BCUT2D eigenvalue weighted by atomic mass is 10.2. The van der Waals surface area contributed by atoms with Gasteiger partial charge in [0, 0.05) is 12.2 Å². The van der Waals surface area contributed by atoms with Crippen LogP contribution in [0.25, 0.3) is 0 Å². The van der Waals surface area contributed by atoms with E-state index in [0.29, 0.717) is 6.54 Å². The zero-order chi connectivity index (χ0) is 18.8. The Kier molecular flexibility index (Phi) is 8.63. The molecular formula is C18H29N4O3+. The molecule has 0 saturated heterocycles. The molecule has 2 atom stereocenters. The first kappa shape index (κ1) is 20.6. The maximum atomic E-state index is 12.0. The second-order valence-corrected chi connectivity index (χ2v) is 6.31. The normalized spacial score (nSPS) is 12.8. The molecule has 0 radical (unpaired) electrons. The summed E-state index contributed by atoms with van der Waals surface area (Å²) in [5.74, 6) is -0.632. The molecule has 0 aromatic heterocycles. The molecule has 0 saturated carbocycles. The van der Waals surface area contributed by atoms with E-state index in [-0.39, 0.29) is 30.8 Å². The van der Waals surface area contributed by atoms with Gasteiger partial charge in [-0.25, -0.2) is 0 Å². The number of anilines is 1. The summed E-state index contributed by atoms with van der Waals surface area (Å²) in [7, 11) is 1.76. The Hall–Kier alpha value is -2.41. The highest BCUT2D eigenvalue weighted by atomic mass is 16.2. The summed E-state index contributed by atoms with van der Waals surface area (Å²) >= 11 is 0. The summed E-state index contributed by atoms with van der Waals surface area (Å²) in [4.78, 5) is 36.5. The van der Waals surface area contributed by atoms with Crippen LogP contribution in [0.2, 0.25) is 0 Å². The second-order valence-electron chi connectivity index (χ2n) is 6.31. The van der Waals surface area contributed by atoms with Crippen molar-refractivity contribution in [2.45, 2.75) is 33.2 Å². The van der Waals surface area contributed by atoms with Gasteiger partial charge in [-0.2, -0.15) is 0 Å². The quantitative estimate of drug-likeness (QED) is 0.483. The van der Waals surface area contributed by atoms with E-state index in [0.717, 1.165) is 22.6 Å². The molecule has 1 unspecified atom stereocenters. The molecule has 25 heavy (non-hydrogen) atoms. The van der Waals surface area contributed by atoms with Crippen LogP contribution in [0.5, 0.6) is 0 Å². The fourth-order valence-electron chi connectivity index (χ4n) is 2.21. The minimum Gasteiger partial charge on any atom is -0.354 e. The molecule has 3 amide bonds. The monoisotopic (exact) mass is 349 g/mol. The number of carbonyl (C=O) groups excluding carboxylic acids is 3. The maximum absolute atomic E-state index is 12.0. The first-order chi connectivity index (χ1) is 11.8. The predicted octanol–water partition coefficient (Wildman–Crippen LogP) is -0.521. The van der Waals surface area contributed by atoms with E-state index >= 15 is 0 Å². The van der Waals surface area contributed by atoms with Gasteiger partial charge in [0.25, 0.3) is 11.8 Å². The van der Waals surface area contributed by atoms with Crippen LogP contribution in [0.3, 0.4) is 0 Å². The summed E-state index contributed by atoms with van der Waals surface area (Å²) < 4.78 is 0. The fourth-order valence-corrected chi connectivity index (χ4v) is 2.21. The average molecular weight is 349 g/mol. The minimum absolute atomic E-state index is 0.118. The van der Waals surface area contributed by atoms with E-state index in [9.17, 15) is 14.4 Å². The van der Waals surface area contributed by atoms with E-state index in [1.165, 1.54) is 0 Å². The van der Waals surface area contributed by atoms with Crippen LogP contribution < -0.4 is 20.9 Å². The number of aryl methyl sites for hydroxylation is 1. The molecule has 1 rings (SSSR count). The van der Waals surface area contributed by atoms with Gasteiger partial charge in [0.05, 0.1) is 7.05 Å². The molecule has 4 N–H and O–H groups in total. The molecule has 0 spiro atoms. The number of nitrogens with one attached hydrogen (secondary N) is 4. The first-order valence-electron chi connectivity index (χ1n) is 8.56. The fraction of sp³-hybridized carbons (Fsp3) is 0.500. The standard InChI is InChI=1S/C18H28N4O3/c1-5-10-19-18(25)14(3)20-16(23)11-22(4)12-17(24)21-15-8-6-13(2)7-9-15/h6-9,14H,5,10-12H2,1-4H3,(H,19,25)(H,20,23)(H,21,24)/p+1/t14-/m1/s1. The smallest absolute Gasteiger partial charge is 0.279 e. The van der Waals surface area contributed by atoms with Gasteiger partial charge in [0.15, 0.2) is 13.1 Å². The largest absolute Gasteiger partial charge is 0.354 e. The number of quaternary nitrogens is 1. The third kappa shape index (κ3) is 8.30. The zero-order valence-corrected chi connectivity index (χ0v) is 15.4. The lowest BCUT2D eigenvalue weighted by Gasteiger charge is -2.16. The number of benzene rings is 1. The predicted molar refractivity (Wildman–Crippen MR) is 97.3 cm³/mol. The molecule has 0 bridgehead atoms. The van der Waals surface area contributed by atoms with Gasteiger partial charge in [0.1, 0.15) is 6.04 Å². The van der Waals surface area contributed by atoms with Gasteiger partial charge < -0.3 is 20.9 Å². The van der Waals surface area contributed by atoms with Crippen LogP contribution >= 0.6 is 0 Å². The molecule has 0 heterocycles. The van der Waals surface area contributed by atoms with Gasteiger partial charge in [-0.05, 0) is 32.4 Å². The molecule has 0 fully saturated rings. The van der Waals surface area contributed by atoms with Crippen LogP contribution in [-0.4, -0.2) is 50.4 Å². The van der Waals surface area contributed by atoms with Crippen molar-refractivity contribution in [3.63, 3.8) is 0 Å². The average Bonchev–Trinajstić information content (AvgIpc) is 2.54. The molecule has 0 aliphatic heterocycles. The Morgan fingerprint density at radius 2 is 1.68 bits per heavy atom. The van der Waals surface area contributed by atoms with Crippen LogP contribution in [0.1, 0.15) is 25.8 Å². The molecular weight excluding hydrogens is 320 g/mol. The van der Waals surface area contributed by atoms with Crippen molar-refractivity contribution in [3.8, 4) is 0 Å². The first-order valence-corrected chi connectivity index (χ1v) is 8.56. The SMILES string of the molecule is CCCNC(=O)[C@@H](C)NC(=O)C[NH+](C)CC(=O)Nc1ccc(C)cc1. The van der Waals surface area contributed by atoms with Crippen LogP contribution in [-0.2, 0) is 14.4 Å². The number of rotatable bonds is 9. The molecule has 1 aromatic rings. The van der Waals surface area contributed by atoms with E-state index in [1.54, 1.807) is 14.0 Å². The highest BCUT2D eigenvalue weighted by Gasteiger charge is 2.19. The van der Waals surface area contributed by atoms with Gasteiger partial charge in [0.2, 0.25) is 5.91 Å². The van der Waals surface area contributed by atoms with Crippen molar-refractivity contribution >= 4 is 23.4 Å². The van der Waals surface area contributed by atoms with Gasteiger partial charge in [-0.15, -0.1) is 0 Å². The van der Waals surface area contributed by atoms with E-state index in [4.69, 9.17) is 0 Å². The Morgan fingerprint density at radius 1 is 1.08 bits per heavy atom. The Morgan fingerprint density at radius 3 is 2.28 bits per heavy atom. The molecule has 7 heteroatoms. The zero-order valence-electron chi connectivity index (χ0n) is 15.4. The highest BCUT2D eigenvalue weighted by Crippen LogP contribution is 2.07. The van der Waals surface area contributed by atoms with Crippen LogP contribution in [0, 0.1) is 6.92 Å². The second kappa shape index (κ2) is 10.5. The van der Waals surface area contributed by atoms with Crippen molar-refractivity contribution in [3.05, 3.63) is 29.8 Å². The Balaban J connectivity index is 2.35. The van der Waals surface area contributed by atoms with Gasteiger partial charge in [-0.1, -0.05) is 24.6 Å². The highest BCUT2D eigenvalue weighted by molar-refractivity contribution is 5.91. The third-order valence-corrected chi connectivity index (χ3v) is 3.58. The molecule has 0 aliphatic rings. The summed E-state index contributed by atoms with van der Waals surface area (Å²) in [5.41, 5.74) is 1.85. The van der Waals surface area contributed by atoms with Crippen molar-refractivity contribution in [1.82, 2.24) is 10.6 Å². The molecule has 138 valence electrons. The molecule has 7 nitrogen and oxygen atoms in total. The van der Waals surface area contributed by atoms with Gasteiger partial charge >= 0.3 is 0 Å². The van der Waals surface area contributed by atoms with E-state index in [1.807, 2.05) is 38.1 Å². The summed E-state index contributed by atoms with van der Waals surface area (Å²) in [6.07, 6.45) is 0.843. The van der Waals surface area contributed by atoms with Crippen LogP contribution in [0.4, 0.5) is 5.69 Å². The number of carbonyl (C=O) groups is 3. The summed E-state index contributed by atoms with van der Waals surface area (Å²) in [6.45, 7) is 6.45. The Labute approximate surface area is 149 Å². The summed E-state index contributed by atoms with van der Waals surface area (Å²) in [6, 6.07) is 6.93. The van der Waals surface area contributed by atoms with Gasteiger partial charge in [-0.3, -0.25) is 14.4 Å². The van der Waals surface area contributed by atoms with Crippen molar-refractivity contribution in [1.29, 1.82) is 0 Å². The number of likely N-dealkylation sites (N-methyl/N-ethyl adjacent to an activating group) is 1. The molecule has 0 aliphatic carbocycles. The number of hydrogen-bond acceptors (Lipinski definition) is 3. The van der Waals surface area contributed by atoms with Crippen molar-refractivity contribution in [2.75, 3.05) is 32.0 Å². The maximum Gasteiger partial charge on any atom is 0.279 e. The topological polar surface area (TPSA) is 91.7 Å². The van der Waals surface area contributed by atoms with Crippen molar-refractivity contribution < 1.29 is 19.3 Å². The van der Waals surface area contributed by atoms with E-state index < -0.39 is 6.04 Å². The number of amides is 3. The lowest BCUT2D eigenvalue weighted by Crippen LogP contribution is -3.11. The summed E-state index contributed by atoms with van der Waals surface area (Å²) in [5, 5.41) is 8.17. The van der Waals surface area contributed by atoms with Crippen LogP contribution in [0.15, 0.2) is 24.3 Å². The lowest BCUT2D eigenvalue weighted by molar-refractivity contribution is -0.862. The number of hydrogen-bond donors (Lipinski definition) is 4. The molecule has 1 aromatic carbocycles. The van der Waals surface area contributed by atoms with Crippen molar-refractivity contribution in [2.24, 2.45) is 0 Å². The third-order valence-electron chi connectivity index (χ3n) is 3.58.